The van der Waals surface area contributed by atoms with Crippen molar-refractivity contribution in [2.24, 2.45) is 0 Å². The van der Waals surface area contributed by atoms with Gasteiger partial charge in [-0.25, -0.2) is 4.79 Å². The molecule has 0 N–H and O–H groups in total. The molecule has 1 aromatic heterocycles. The van der Waals surface area contributed by atoms with Gasteiger partial charge in [0.15, 0.2) is 5.69 Å². The van der Waals surface area contributed by atoms with Gasteiger partial charge in [0.25, 0.3) is 11.8 Å². The molecule has 0 saturated heterocycles. The largest absolute Gasteiger partial charge is 0.385 e. The maximum atomic E-state index is 12.1. The Kier molecular flexibility index (Phi) is 2.69. The number of amides is 2. The Morgan fingerprint density at radius 3 is 2.39 bits per heavy atom. The molecule has 116 valence electrons. The quantitative estimate of drug-likeness (QED) is 0.806. The first-order valence-corrected chi connectivity index (χ1v) is 7.17. The minimum absolute atomic E-state index is 0.0651. The zero-order valence-corrected chi connectivity index (χ0v) is 12.2. The molecule has 2 aliphatic rings. The van der Waals surface area contributed by atoms with E-state index in [9.17, 15) is 14.4 Å². The molecule has 7 nitrogen and oxygen atoms in total. The molecule has 0 spiro atoms. The third-order valence-corrected chi connectivity index (χ3v) is 4.25. The molecule has 4 rings (SSSR count). The number of nitrogens with zero attached hydrogens (tertiary/aromatic N) is 2. The van der Waals surface area contributed by atoms with Crippen LogP contribution in [0.15, 0.2) is 34.9 Å². The van der Waals surface area contributed by atoms with Crippen molar-refractivity contribution in [1.29, 1.82) is 0 Å². The predicted octanol–water partition coefficient (Wildman–Crippen LogP) is 2.09. The lowest BCUT2D eigenvalue weighted by atomic mass is 10.1. The van der Waals surface area contributed by atoms with E-state index in [1.807, 2.05) is 6.92 Å². The number of fused-ring (bicyclic) bond motifs is 1. The van der Waals surface area contributed by atoms with Gasteiger partial charge in [-0.05, 0) is 25.0 Å². The fourth-order valence-electron chi connectivity index (χ4n) is 2.47. The SMILES string of the molecule is CC1(c2cc(C(=O)ON3C(=O)c4ccccc4C3=O)no2)CC1. The number of benzene rings is 1. The summed E-state index contributed by atoms with van der Waals surface area (Å²) in [7, 11) is 0. The molecule has 0 radical (unpaired) electrons. The van der Waals surface area contributed by atoms with E-state index in [-0.39, 0.29) is 22.2 Å². The molecule has 0 unspecified atom stereocenters. The van der Waals surface area contributed by atoms with E-state index >= 15 is 0 Å². The first kappa shape index (κ1) is 13.7. The number of carbonyl (C=O) groups excluding carboxylic acids is 3. The molecule has 2 heterocycles. The molecular formula is C16H12N2O5. The van der Waals surface area contributed by atoms with Crippen LogP contribution in [-0.4, -0.2) is 28.0 Å². The van der Waals surface area contributed by atoms with E-state index in [1.165, 1.54) is 18.2 Å². The smallest absolute Gasteiger partial charge is 0.360 e. The van der Waals surface area contributed by atoms with Gasteiger partial charge >= 0.3 is 5.97 Å². The van der Waals surface area contributed by atoms with Crippen molar-refractivity contribution < 1.29 is 23.7 Å². The van der Waals surface area contributed by atoms with Crippen molar-refractivity contribution >= 4 is 17.8 Å². The Balaban J connectivity index is 1.55. The number of hydrogen-bond donors (Lipinski definition) is 0. The standard InChI is InChI=1S/C16H12N2O5/c1-16(6-7-16)12-8-11(17-22-12)15(21)23-18-13(19)9-4-2-3-5-10(9)14(18)20/h2-5,8H,6-7H2,1H3. The lowest BCUT2D eigenvalue weighted by Crippen LogP contribution is -2.32. The highest BCUT2D eigenvalue weighted by Crippen LogP contribution is 2.47. The molecule has 1 aliphatic heterocycles. The zero-order valence-electron chi connectivity index (χ0n) is 12.2. The van der Waals surface area contributed by atoms with Crippen LogP contribution >= 0.6 is 0 Å². The van der Waals surface area contributed by atoms with Crippen LogP contribution in [0.25, 0.3) is 0 Å². The summed E-state index contributed by atoms with van der Waals surface area (Å²) >= 11 is 0. The van der Waals surface area contributed by atoms with Crippen LogP contribution in [0.1, 0.15) is 56.7 Å². The minimum atomic E-state index is -0.904. The van der Waals surface area contributed by atoms with Crippen LogP contribution < -0.4 is 0 Å². The highest BCUT2D eigenvalue weighted by Gasteiger charge is 2.44. The number of aromatic nitrogens is 1. The van der Waals surface area contributed by atoms with Crippen molar-refractivity contribution in [3.63, 3.8) is 0 Å². The van der Waals surface area contributed by atoms with Gasteiger partial charge in [0, 0.05) is 11.5 Å². The Labute approximate surface area is 130 Å². The van der Waals surface area contributed by atoms with Crippen molar-refractivity contribution in [1.82, 2.24) is 10.2 Å². The summed E-state index contributed by atoms with van der Waals surface area (Å²) in [6, 6.07) is 7.77. The Hall–Kier alpha value is -2.96. The van der Waals surface area contributed by atoms with E-state index in [2.05, 4.69) is 5.16 Å². The van der Waals surface area contributed by atoms with E-state index in [1.54, 1.807) is 12.1 Å². The fourth-order valence-corrected chi connectivity index (χ4v) is 2.47. The van der Waals surface area contributed by atoms with Crippen LogP contribution in [0.4, 0.5) is 0 Å². The highest BCUT2D eigenvalue weighted by atomic mass is 16.7. The van der Waals surface area contributed by atoms with Crippen LogP contribution in [-0.2, 0) is 10.3 Å². The minimum Gasteiger partial charge on any atom is -0.360 e. The number of imide groups is 1. The topological polar surface area (TPSA) is 89.7 Å². The van der Waals surface area contributed by atoms with Gasteiger partial charge in [0.05, 0.1) is 11.1 Å². The predicted molar refractivity (Wildman–Crippen MR) is 75.4 cm³/mol. The molecular weight excluding hydrogens is 300 g/mol. The van der Waals surface area contributed by atoms with E-state index in [4.69, 9.17) is 9.36 Å². The van der Waals surface area contributed by atoms with Crippen molar-refractivity contribution in [3.8, 4) is 0 Å². The molecule has 7 heteroatoms. The lowest BCUT2D eigenvalue weighted by molar-refractivity contribution is -0.0590. The molecule has 2 amide bonds. The molecule has 0 bridgehead atoms. The number of hydroxylamine groups is 2. The Morgan fingerprint density at radius 1 is 1.22 bits per heavy atom. The van der Waals surface area contributed by atoms with Crippen LogP contribution in [0, 0.1) is 0 Å². The van der Waals surface area contributed by atoms with Crippen LogP contribution in [0.3, 0.4) is 0 Å². The van der Waals surface area contributed by atoms with Gasteiger partial charge < -0.3 is 9.36 Å². The fraction of sp³-hybridized carbons (Fsp3) is 0.250. The maximum Gasteiger partial charge on any atom is 0.385 e. The molecule has 1 saturated carbocycles. The van der Waals surface area contributed by atoms with Crippen molar-refractivity contribution in [3.05, 3.63) is 52.9 Å². The van der Waals surface area contributed by atoms with Gasteiger partial charge in [-0.2, -0.15) is 0 Å². The summed E-state index contributed by atoms with van der Waals surface area (Å²) in [5.74, 6) is -1.64. The second kappa shape index (κ2) is 4.52. The third kappa shape index (κ3) is 2.04. The van der Waals surface area contributed by atoms with E-state index < -0.39 is 17.8 Å². The monoisotopic (exact) mass is 312 g/mol. The van der Waals surface area contributed by atoms with Crippen LogP contribution in [0.2, 0.25) is 0 Å². The summed E-state index contributed by atoms with van der Waals surface area (Å²) in [6.45, 7) is 2.01. The highest BCUT2D eigenvalue weighted by molar-refractivity contribution is 6.21. The summed E-state index contributed by atoms with van der Waals surface area (Å²) in [5, 5.41) is 4.12. The average Bonchev–Trinajstić information content (AvgIpc) is 3.03. The normalized spacial score (nSPS) is 18.0. The first-order valence-electron chi connectivity index (χ1n) is 7.17. The van der Waals surface area contributed by atoms with Crippen molar-refractivity contribution in [2.45, 2.75) is 25.2 Å². The molecule has 1 aliphatic carbocycles. The molecule has 2 aromatic rings. The number of rotatable bonds is 3. The zero-order chi connectivity index (χ0) is 16.2. The Bertz CT molecular complexity index is 815. The van der Waals surface area contributed by atoms with Gasteiger partial charge in [0.1, 0.15) is 5.76 Å². The van der Waals surface area contributed by atoms with Gasteiger partial charge in [-0.3, -0.25) is 9.59 Å². The number of carbonyl (C=O) groups is 3. The summed E-state index contributed by atoms with van der Waals surface area (Å²) in [6.07, 6.45) is 1.93. The van der Waals surface area contributed by atoms with Gasteiger partial charge in [-0.15, -0.1) is 0 Å². The van der Waals surface area contributed by atoms with E-state index in [0.717, 1.165) is 12.8 Å². The third-order valence-electron chi connectivity index (χ3n) is 4.25. The Morgan fingerprint density at radius 2 is 1.83 bits per heavy atom. The summed E-state index contributed by atoms with van der Waals surface area (Å²) < 4.78 is 5.15. The summed E-state index contributed by atoms with van der Waals surface area (Å²) in [5.41, 5.74) is 0.263. The average molecular weight is 312 g/mol. The molecule has 1 aromatic carbocycles. The maximum absolute atomic E-state index is 12.1. The summed E-state index contributed by atoms with van der Waals surface area (Å²) in [4.78, 5) is 41.3. The second-order valence-corrected chi connectivity index (χ2v) is 5.97. The van der Waals surface area contributed by atoms with Gasteiger partial charge in [-0.1, -0.05) is 29.3 Å². The van der Waals surface area contributed by atoms with Gasteiger partial charge in [0.2, 0.25) is 0 Å². The second-order valence-electron chi connectivity index (χ2n) is 5.97. The van der Waals surface area contributed by atoms with E-state index in [0.29, 0.717) is 10.8 Å². The molecule has 1 fully saturated rings. The number of hydrogen-bond acceptors (Lipinski definition) is 6. The first-order chi connectivity index (χ1) is 11.0. The van der Waals surface area contributed by atoms with Crippen LogP contribution in [0.5, 0.6) is 0 Å². The molecule has 0 atom stereocenters. The van der Waals surface area contributed by atoms with Crippen molar-refractivity contribution in [2.75, 3.05) is 0 Å². The molecule has 23 heavy (non-hydrogen) atoms. The lowest BCUT2D eigenvalue weighted by Gasteiger charge is -2.11.